The molecule has 6 nitrogen and oxygen atoms in total. The fourth-order valence-electron chi connectivity index (χ4n) is 2.72. The molecule has 0 atom stereocenters. The Hall–Kier alpha value is -2.23. The van der Waals surface area contributed by atoms with Gasteiger partial charge in [-0.15, -0.1) is 5.10 Å². The number of hydrazone groups is 1. The number of hydrogen-bond donors (Lipinski definition) is 1. The van der Waals surface area contributed by atoms with E-state index in [1.165, 1.54) is 11.8 Å². The van der Waals surface area contributed by atoms with Crippen molar-refractivity contribution in [3.05, 3.63) is 79.0 Å². The molecule has 9 heteroatoms. The molecule has 0 fully saturated rings. The quantitative estimate of drug-likeness (QED) is 0.287. The van der Waals surface area contributed by atoms with Gasteiger partial charge in [-0.25, -0.2) is 4.79 Å². The number of amidine groups is 1. The molecule has 4 rings (SSSR count). The smallest absolute Gasteiger partial charge is 0.345 e. The average molecular weight is 534 g/mol. The van der Waals surface area contributed by atoms with Crippen LogP contribution in [0.15, 0.2) is 82.0 Å². The van der Waals surface area contributed by atoms with Crippen molar-refractivity contribution in [2.45, 2.75) is 6.92 Å². The van der Waals surface area contributed by atoms with Crippen LogP contribution in [0.5, 0.6) is 0 Å². The maximum Gasteiger partial charge on any atom is 0.345 e. The number of rotatable bonds is 3. The molecule has 0 aliphatic carbocycles. The van der Waals surface area contributed by atoms with Crippen LogP contribution in [0.4, 0.5) is 0 Å². The molecule has 0 radical (unpaired) electrons. The number of fused-ring (bicyclic) bond motifs is 1. The maximum atomic E-state index is 12.5. The molecule has 29 heavy (non-hydrogen) atoms. The van der Waals surface area contributed by atoms with E-state index < -0.39 is 5.63 Å². The third-order valence-corrected chi connectivity index (χ3v) is 6.09. The third kappa shape index (κ3) is 4.52. The van der Waals surface area contributed by atoms with Crippen LogP contribution in [0, 0.1) is 0 Å². The summed E-state index contributed by atoms with van der Waals surface area (Å²) < 4.78 is 7.09. The van der Waals surface area contributed by atoms with Crippen molar-refractivity contribution in [3.8, 4) is 0 Å². The number of nitrogens with zero attached hydrogens (tertiary/aromatic N) is 3. The van der Waals surface area contributed by atoms with E-state index in [2.05, 4.69) is 52.6 Å². The summed E-state index contributed by atoms with van der Waals surface area (Å²) >= 11 is 8.30. The lowest BCUT2D eigenvalue weighted by Gasteiger charge is -2.13. The van der Waals surface area contributed by atoms with Crippen molar-refractivity contribution in [1.29, 1.82) is 0 Å². The minimum atomic E-state index is -0.431. The van der Waals surface area contributed by atoms with Crippen molar-refractivity contribution in [2.24, 2.45) is 15.3 Å². The molecule has 2 heterocycles. The van der Waals surface area contributed by atoms with Gasteiger partial charge in [0.2, 0.25) is 5.17 Å². The standard InChI is InChI=1S/C20H14Br2N4O2S/c1-11(12-5-3-2-4-6-12)23-25-20-26-24-17(10-29-20)15-8-13-7-14(21)9-16(22)18(13)28-19(15)27/h2-9H,10H2,1H3,(H,25,26)/b23-11+. The van der Waals surface area contributed by atoms with Crippen LogP contribution in [0.3, 0.4) is 0 Å². The number of halogens is 2. The van der Waals surface area contributed by atoms with Crippen LogP contribution in [0.25, 0.3) is 11.0 Å². The lowest BCUT2D eigenvalue weighted by Crippen LogP contribution is -2.28. The van der Waals surface area contributed by atoms with Crippen molar-refractivity contribution in [1.82, 2.24) is 5.43 Å². The number of nitrogens with one attached hydrogen (secondary N) is 1. The monoisotopic (exact) mass is 532 g/mol. The van der Waals surface area contributed by atoms with Gasteiger partial charge in [-0.3, -0.25) is 5.43 Å². The number of hydrogen-bond acceptors (Lipinski definition) is 6. The lowest BCUT2D eigenvalue weighted by molar-refractivity contribution is 0.557. The molecule has 0 bridgehead atoms. The van der Waals surface area contributed by atoms with E-state index in [1.807, 2.05) is 49.4 Å². The normalized spacial score (nSPS) is 16.0. The summed E-state index contributed by atoms with van der Waals surface area (Å²) in [6, 6.07) is 15.3. The molecular formula is C20H14Br2N4O2S. The van der Waals surface area contributed by atoms with Crippen LogP contribution < -0.4 is 11.1 Å². The molecule has 0 amide bonds. The van der Waals surface area contributed by atoms with Gasteiger partial charge in [0.1, 0.15) is 0 Å². The predicted molar refractivity (Wildman–Crippen MR) is 126 cm³/mol. The van der Waals surface area contributed by atoms with Crippen LogP contribution >= 0.6 is 43.6 Å². The molecule has 1 aliphatic rings. The van der Waals surface area contributed by atoms with Crippen molar-refractivity contribution in [2.75, 3.05) is 5.75 Å². The van der Waals surface area contributed by atoms with E-state index in [-0.39, 0.29) is 0 Å². The van der Waals surface area contributed by atoms with Crippen molar-refractivity contribution in [3.63, 3.8) is 0 Å². The largest absolute Gasteiger partial charge is 0.421 e. The Morgan fingerprint density at radius 1 is 1.21 bits per heavy atom. The first kappa shape index (κ1) is 20.1. The zero-order chi connectivity index (χ0) is 20.4. The van der Waals surface area contributed by atoms with E-state index >= 15 is 0 Å². The molecule has 146 valence electrons. The average Bonchev–Trinajstić information content (AvgIpc) is 2.73. The van der Waals surface area contributed by atoms with Crippen LogP contribution in [-0.2, 0) is 0 Å². The van der Waals surface area contributed by atoms with E-state index in [0.29, 0.717) is 32.3 Å². The molecule has 0 saturated carbocycles. The Morgan fingerprint density at radius 3 is 2.72 bits per heavy atom. The molecule has 1 aromatic heterocycles. The Kier molecular flexibility index (Phi) is 5.98. The zero-order valence-corrected chi connectivity index (χ0v) is 19.1. The van der Waals surface area contributed by atoms with Gasteiger partial charge in [0.05, 0.1) is 21.5 Å². The van der Waals surface area contributed by atoms with Gasteiger partial charge in [0.25, 0.3) is 0 Å². The summed E-state index contributed by atoms with van der Waals surface area (Å²) in [7, 11) is 0. The number of thioether (sulfide) groups is 1. The van der Waals surface area contributed by atoms with E-state index in [1.54, 1.807) is 6.07 Å². The second kappa shape index (κ2) is 8.64. The molecular weight excluding hydrogens is 520 g/mol. The molecule has 2 aromatic carbocycles. The maximum absolute atomic E-state index is 12.5. The lowest BCUT2D eigenvalue weighted by atomic mass is 10.1. The van der Waals surface area contributed by atoms with Crippen LogP contribution in [0.2, 0.25) is 0 Å². The topological polar surface area (TPSA) is 79.3 Å². The highest BCUT2D eigenvalue weighted by Crippen LogP contribution is 2.28. The van der Waals surface area contributed by atoms with E-state index in [4.69, 9.17) is 4.42 Å². The summed E-state index contributed by atoms with van der Waals surface area (Å²) in [5.41, 5.74) is 5.78. The Bertz CT molecular complexity index is 1240. The first-order chi connectivity index (χ1) is 14.0. The Morgan fingerprint density at radius 2 is 2.00 bits per heavy atom. The first-order valence-corrected chi connectivity index (χ1v) is 11.1. The van der Waals surface area contributed by atoms with Gasteiger partial charge in [-0.2, -0.15) is 10.2 Å². The summed E-state index contributed by atoms with van der Waals surface area (Å²) in [4.78, 5) is 12.5. The summed E-state index contributed by atoms with van der Waals surface area (Å²) in [5.74, 6) is 0.483. The molecule has 0 saturated heterocycles. The minimum absolute atomic E-state index is 0.422. The molecule has 1 aliphatic heterocycles. The van der Waals surface area contributed by atoms with Gasteiger partial charge < -0.3 is 4.42 Å². The van der Waals surface area contributed by atoms with Gasteiger partial charge in [-0.1, -0.05) is 58.0 Å². The summed E-state index contributed by atoms with van der Waals surface area (Å²) in [6.45, 7) is 1.90. The second-order valence-electron chi connectivity index (χ2n) is 6.17. The molecule has 0 spiro atoms. The highest BCUT2D eigenvalue weighted by molar-refractivity contribution is 9.11. The van der Waals surface area contributed by atoms with Crippen LogP contribution in [0.1, 0.15) is 18.1 Å². The van der Waals surface area contributed by atoms with Gasteiger partial charge in [0.15, 0.2) is 5.58 Å². The SMILES string of the molecule is C/C(=N\N=C1/NN=C(c2cc3cc(Br)cc(Br)c3oc2=O)CS1)c1ccccc1. The fraction of sp³-hybridized carbons (Fsp3) is 0.100. The van der Waals surface area contributed by atoms with Gasteiger partial charge in [0, 0.05) is 15.6 Å². The molecule has 1 N–H and O–H groups in total. The minimum Gasteiger partial charge on any atom is -0.421 e. The zero-order valence-electron chi connectivity index (χ0n) is 15.1. The van der Waals surface area contributed by atoms with Gasteiger partial charge >= 0.3 is 5.63 Å². The highest BCUT2D eigenvalue weighted by Gasteiger charge is 2.18. The first-order valence-electron chi connectivity index (χ1n) is 8.57. The highest BCUT2D eigenvalue weighted by atomic mass is 79.9. The van der Waals surface area contributed by atoms with Gasteiger partial charge in [-0.05, 0) is 46.6 Å². The predicted octanol–water partition coefficient (Wildman–Crippen LogP) is 5.14. The Labute approximate surface area is 187 Å². The third-order valence-electron chi connectivity index (χ3n) is 4.18. The summed E-state index contributed by atoms with van der Waals surface area (Å²) in [6.07, 6.45) is 0. The van der Waals surface area contributed by atoms with Crippen molar-refractivity contribution >= 4 is 71.2 Å². The molecule has 3 aromatic rings. The van der Waals surface area contributed by atoms with Crippen molar-refractivity contribution < 1.29 is 4.42 Å². The van der Waals surface area contributed by atoms with E-state index in [0.717, 1.165) is 21.1 Å². The number of benzene rings is 2. The van der Waals surface area contributed by atoms with E-state index in [9.17, 15) is 4.79 Å². The van der Waals surface area contributed by atoms with Crippen LogP contribution in [-0.4, -0.2) is 22.3 Å². The molecule has 0 unspecified atom stereocenters. The summed E-state index contributed by atoms with van der Waals surface area (Å²) in [5, 5.41) is 14.2. The second-order valence-corrected chi connectivity index (χ2v) is 8.90. The Balaban J connectivity index is 1.59. The fourth-order valence-corrected chi connectivity index (χ4v) is 4.76.